The van der Waals surface area contributed by atoms with Crippen LogP contribution in [0.5, 0.6) is 0 Å². The monoisotopic (exact) mass is 278 g/mol. The Morgan fingerprint density at radius 1 is 1.35 bits per heavy atom. The lowest BCUT2D eigenvalue weighted by atomic mass is 9.93. The van der Waals surface area contributed by atoms with Gasteiger partial charge in [-0.1, -0.05) is 6.92 Å². The van der Waals surface area contributed by atoms with Crippen LogP contribution in [0.1, 0.15) is 25.0 Å². The minimum atomic E-state index is -0.635. The third kappa shape index (κ3) is 3.23. The Bertz CT molecular complexity index is 539. The van der Waals surface area contributed by atoms with Crippen LogP contribution in [0.2, 0.25) is 0 Å². The maximum absolute atomic E-state index is 13.0. The highest BCUT2D eigenvalue weighted by Gasteiger charge is 2.21. The highest BCUT2D eigenvalue weighted by atomic mass is 19.1. The van der Waals surface area contributed by atoms with Crippen LogP contribution in [0.15, 0.2) is 30.5 Å². The zero-order valence-corrected chi connectivity index (χ0v) is 11.6. The van der Waals surface area contributed by atoms with E-state index in [4.69, 9.17) is 4.74 Å². The molecule has 2 unspecified atom stereocenters. The fraction of sp³-hybridized carbons (Fsp3) is 0.400. The lowest BCUT2D eigenvalue weighted by Crippen LogP contribution is -2.11. The third-order valence-corrected chi connectivity index (χ3v) is 3.44. The van der Waals surface area contributed by atoms with E-state index in [1.165, 1.54) is 12.1 Å². The number of ether oxygens (including phenoxy) is 1. The summed E-state index contributed by atoms with van der Waals surface area (Å²) in [7, 11) is 1.64. The molecule has 1 aromatic carbocycles. The average molecular weight is 278 g/mol. The Morgan fingerprint density at radius 2 is 2.05 bits per heavy atom. The molecule has 0 amide bonds. The number of aromatic amines is 1. The summed E-state index contributed by atoms with van der Waals surface area (Å²) in [5.41, 5.74) is 2.25. The number of aromatic nitrogens is 2. The first kappa shape index (κ1) is 14.7. The molecular formula is C15H19FN2O2. The predicted molar refractivity (Wildman–Crippen MR) is 74.6 cm³/mol. The van der Waals surface area contributed by atoms with Gasteiger partial charge in [-0.3, -0.25) is 5.10 Å². The summed E-state index contributed by atoms with van der Waals surface area (Å²) in [5, 5.41) is 17.3. The number of hydrogen-bond donors (Lipinski definition) is 2. The molecule has 4 nitrogen and oxygen atoms in total. The molecule has 0 spiro atoms. The number of methoxy groups -OCH3 is 1. The highest BCUT2D eigenvalue weighted by molar-refractivity contribution is 5.63. The fourth-order valence-corrected chi connectivity index (χ4v) is 2.14. The minimum Gasteiger partial charge on any atom is -0.388 e. The van der Waals surface area contributed by atoms with Crippen LogP contribution in [-0.2, 0) is 4.74 Å². The van der Waals surface area contributed by atoms with E-state index in [1.807, 2.05) is 6.92 Å². The number of aliphatic hydroxyl groups is 1. The van der Waals surface area contributed by atoms with E-state index in [9.17, 15) is 9.50 Å². The number of halogens is 1. The first-order chi connectivity index (χ1) is 9.63. The predicted octanol–water partition coefficient (Wildman–Crippen LogP) is 2.92. The maximum Gasteiger partial charge on any atom is 0.123 e. The van der Waals surface area contributed by atoms with Crippen molar-refractivity contribution < 1.29 is 14.2 Å². The molecule has 0 saturated heterocycles. The van der Waals surface area contributed by atoms with Gasteiger partial charge in [0, 0.05) is 24.8 Å². The van der Waals surface area contributed by atoms with Crippen molar-refractivity contribution in [2.24, 2.45) is 5.92 Å². The smallest absolute Gasteiger partial charge is 0.123 e. The van der Waals surface area contributed by atoms with E-state index in [0.717, 1.165) is 23.2 Å². The van der Waals surface area contributed by atoms with Gasteiger partial charge in [0.2, 0.25) is 0 Å². The van der Waals surface area contributed by atoms with E-state index in [0.29, 0.717) is 6.61 Å². The van der Waals surface area contributed by atoms with E-state index in [-0.39, 0.29) is 11.7 Å². The quantitative estimate of drug-likeness (QED) is 0.854. The van der Waals surface area contributed by atoms with Gasteiger partial charge in [-0.25, -0.2) is 4.39 Å². The molecular weight excluding hydrogens is 259 g/mol. The number of nitrogens with zero attached hydrogens (tertiary/aromatic N) is 1. The molecule has 108 valence electrons. The van der Waals surface area contributed by atoms with Gasteiger partial charge in [0.25, 0.3) is 0 Å². The normalized spacial score (nSPS) is 14.2. The summed E-state index contributed by atoms with van der Waals surface area (Å²) in [6.45, 7) is 2.56. The summed E-state index contributed by atoms with van der Waals surface area (Å²) < 4.78 is 18.0. The summed E-state index contributed by atoms with van der Waals surface area (Å²) in [5.74, 6) is -0.240. The molecule has 2 rings (SSSR count). The minimum absolute atomic E-state index is 0.0479. The SMILES string of the molecule is COCCC(C)C(O)c1cn[nH]c1-c1ccc(F)cc1. The Balaban J connectivity index is 2.21. The van der Waals surface area contributed by atoms with Gasteiger partial charge in [-0.05, 0) is 36.6 Å². The second-order valence-corrected chi connectivity index (χ2v) is 4.91. The maximum atomic E-state index is 13.0. The van der Waals surface area contributed by atoms with Crippen LogP contribution in [0, 0.1) is 11.7 Å². The van der Waals surface area contributed by atoms with E-state index >= 15 is 0 Å². The molecule has 2 aromatic rings. The van der Waals surface area contributed by atoms with E-state index < -0.39 is 6.10 Å². The third-order valence-electron chi connectivity index (χ3n) is 3.44. The number of aliphatic hydroxyl groups excluding tert-OH is 1. The van der Waals surface area contributed by atoms with Gasteiger partial charge < -0.3 is 9.84 Å². The van der Waals surface area contributed by atoms with Crippen LogP contribution >= 0.6 is 0 Å². The number of nitrogens with one attached hydrogen (secondary N) is 1. The Labute approximate surface area is 117 Å². The van der Waals surface area contributed by atoms with Gasteiger partial charge in [-0.15, -0.1) is 0 Å². The number of benzene rings is 1. The summed E-state index contributed by atoms with van der Waals surface area (Å²) in [4.78, 5) is 0. The van der Waals surface area contributed by atoms with Gasteiger partial charge >= 0.3 is 0 Å². The highest BCUT2D eigenvalue weighted by Crippen LogP contribution is 2.31. The molecule has 0 fully saturated rings. The average Bonchev–Trinajstić information content (AvgIpc) is 2.94. The van der Waals surface area contributed by atoms with Crippen molar-refractivity contribution >= 4 is 0 Å². The molecule has 1 heterocycles. The molecule has 20 heavy (non-hydrogen) atoms. The molecule has 5 heteroatoms. The van der Waals surface area contributed by atoms with Gasteiger partial charge in [0.05, 0.1) is 18.0 Å². The zero-order valence-electron chi connectivity index (χ0n) is 11.6. The fourth-order valence-electron chi connectivity index (χ4n) is 2.14. The molecule has 0 aliphatic carbocycles. The van der Waals surface area contributed by atoms with Crippen LogP contribution < -0.4 is 0 Å². The van der Waals surface area contributed by atoms with Crippen LogP contribution in [0.3, 0.4) is 0 Å². The Kier molecular flexibility index (Phi) is 4.87. The van der Waals surface area contributed by atoms with Gasteiger partial charge in [0.15, 0.2) is 0 Å². The summed E-state index contributed by atoms with van der Waals surface area (Å²) >= 11 is 0. The molecule has 1 aromatic heterocycles. The summed E-state index contributed by atoms with van der Waals surface area (Å²) in [6.07, 6.45) is 1.74. The van der Waals surface area contributed by atoms with Crippen molar-refractivity contribution in [3.8, 4) is 11.3 Å². The second kappa shape index (κ2) is 6.63. The number of H-pyrrole nitrogens is 1. The van der Waals surface area contributed by atoms with Crippen molar-refractivity contribution in [2.45, 2.75) is 19.4 Å². The molecule has 0 bridgehead atoms. The van der Waals surface area contributed by atoms with E-state index in [2.05, 4.69) is 10.2 Å². The molecule has 2 atom stereocenters. The van der Waals surface area contributed by atoms with Crippen molar-refractivity contribution in [1.82, 2.24) is 10.2 Å². The van der Waals surface area contributed by atoms with Crippen molar-refractivity contribution in [3.05, 3.63) is 41.8 Å². The van der Waals surface area contributed by atoms with Crippen molar-refractivity contribution in [1.29, 1.82) is 0 Å². The molecule has 0 radical (unpaired) electrons. The standard InChI is InChI=1S/C15H19FN2O2/c1-10(7-8-20-2)15(19)13-9-17-18-14(13)11-3-5-12(16)6-4-11/h3-6,9-10,15,19H,7-8H2,1-2H3,(H,17,18). The Morgan fingerprint density at radius 3 is 2.70 bits per heavy atom. The zero-order chi connectivity index (χ0) is 14.5. The lowest BCUT2D eigenvalue weighted by molar-refractivity contribution is 0.0890. The number of hydrogen-bond acceptors (Lipinski definition) is 3. The van der Waals surface area contributed by atoms with Crippen molar-refractivity contribution in [3.63, 3.8) is 0 Å². The van der Waals surface area contributed by atoms with Gasteiger partial charge in [0.1, 0.15) is 5.82 Å². The topological polar surface area (TPSA) is 58.1 Å². The second-order valence-electron chi connectivity index (χ2n) is 4.91. The van der Waals surface area contributed by atoms with Gasteiger partial charge in [-0.2, -0.15) is 5.10 Å². The molecule has 0 aliphatic rings. The van der Waals surface area contributed by atoms with Crippen molar-refractivity contribution in [2.75, 3.05) is 13.7 Å². The van der Waals surface area contributed by atoms with E-state index in [1.54, 1.807) is 25.4 Å². The lowest BCUT2D eigenvalue weighted by Gasteiger charge is -2.18. The Hall–Kier alpha value is -1.72. The van der Waals surface area contributed by atoms with Crippen LogP contribution in [0.4, 0.5) is 4.39 Å². The molecule has 0 saturated carbocycles. The summed E-state index contributed by atoms with van der Waals surface area (Å²) in [6, 6.07) is 6.11. The largest absolute Gasteiger partial charge is 0.388 e. The van der Waals surface area contributed by atoms with Crippen LogP contribution in [0.25, 0.3) is 11.3 Å². The molecule has 2 N–H and O–H groups in total. The first-order valence-corrected chi connectivity index (χ1v) is 6.59. The van der Waals surface area contributed by atoms with Crippen LogP contribution in [-0.4, -0.2) is 29.0 Å². The number of rotatable bonds is 6. The molecule has 0 aliphatic heterocycles. The first-order valence-electron chi connectivity index (χ1n) is 6.59.